The van der Waals surface area contributed by atoms with Gasteiger partial charge in [-0.3, -0.25) is 19.7 Å². The molecule has 0 radical (unpaired) electrons. The van der Waals surface area contributed by atoms with Crippen LogP contribution >= 0.6 is 11.8 Å². The van der Waals surface area contributed by atoms with Crippen LogP contribution in [0.3, 0.4) is 0 Å². The molecule has 0 aromatic heterocycles. The summed E-state index contributed by atoms with van der Waals surface area (Å²) in [5.41, 5.74) is 2.81. The Balaban J connectivity index is 1.16. The first-order chi connectivity index (χ1) is 15.1. The van der Waals surface area contributed by atoms with E-state index in [0.29, 0.717) is 24.5 Å². The summed E-state index contributed by atoms with van der Waals surface area (Å²) in [6, 6.07) is 13.2. The van der Waals surface area contributed by atoms with Gasteiger partial charge in [0.15, 0.2) is 0 Å². The summed E-state index contributed by atoms with van der Waals surface area (Å²) in [6.45, 7) is 1.14. The molecule has 0 atom stereocenters. The molecule has 0 bridgehead atoms. The molecule has 0 spiro atoms. The van der Waals surface area contributed by atoms with Crippen molar-refractivity contribution in [2.45, 2.75) is 25.7 Å². The number of anilines is 1. The number of aryl methyl sites for hydroxylation is 1. The summed E-state index contributed by atoms with van der Waals surface area (Å²) in [4.78, 5) is 34.7. The largest absolute Gasteiger partial charge is 0.494 e. The van der Waals surface area contributed by atoms with Crippen molar-refractivity contribution in [2.24, 2.45) is 0 Å². The topological polar surface area (TPSA) is 93.7 Å². The third-order valence-corrected chi connectivity index (χ3v) is 5.68. The number of rotatable bonds is 8. The Labute approximate surface area is 184 Å². The van der Waals surface area contributed by atoms with Crippen LogP contribution in [-0.2, 0) is 16.0 Å². The molecule has 7 nitrogen and oxygen atoms in total. The van der Waals surface area contributed by atoms with Crippen molar-refractivity contribution < 1.29 is 23.9 Å². The van der Waals surface area contributed by atoms with Crippen LogP contribution in [0.25, 0.3) is 6.08 Å². The first-order valence-electron chi connectivity index (χ1n) is 10.1. The molecule has 4 rings (SSSR count). The Morgan fingerprint density at radius 3 is 2.29 bits per heavy atom. The Morgan fingerprint density at radius 2 is 1.58 bits per heavy atom. The number of thioether (sulfide) groups is 1. The van der Waals surface area contributed by atoms with Crippen molar-refractivity contribution in [3.63, 3.8) is 0 Å². The van der Waals surface area contributed by atoms with E-state index in [-0.39, 0.29) is 17.1 Å². The van der Waals surface area contributed by atoms with Crippen LogP contribution in [-0.4, -0.2) is 30.3 Å². The molecule has 2 aliphatic rings. The molecule has 2 aromatic carbocycles. The number of carbonyl (C=O) groups is 3. The summed E-state index contributed by atoms with van der Waals surface area (Å²) in [5, 5.41) is 4.76. The minimum absolute atomic E-state index is 0.0458. The van der Waals surface area contributed by atoms with Gasteiger partial charge in [-0.2, -0.15) is 0 Å². The Hall–Kier alpha value is -3.26. The molecule has 160 valence electrons. The molecule has 0 unspecified atom stereocenters. The standard InChI is InChI=1S/C23H22N2O5S/c26-21-10-6-16-5-9-18(14-19(16)24-21)30-12-2-1-11-29-17-7-3-15(4-8-17)13-20-22(27)25-23(28)31-20/h3-5,7-9,13-14H,1-2,6,10-12H2,(H,24,26)(H,25,27,28). The Kier molecular flexibility index (Phi) is 6.57. The van der Waals surface area contributed by atoms with Crippen molar-refractivity contribution >= 4 is 40.6 Å². The molecular weight excluding hydrogens is 416 g/mol. The summed E-state index contributed by atoms with van der Waals surface area (Å²) in [7, 11) is 0. The Morgan fingerprint density at radius 1 is 0.871 bits per heavy atom. The number of hydrogen-bond acceptors (Lipinski definition) is 6. The maximum absolute atomic E-state index is 11.6. The normalized spacial score (nSPS) is 16.6. The fourth-order valence-electron chi connectivity index (χ4n) is 3.26. The first-order valence-corrected chi connectivity index (χ1v) is 10.9. The Bertz CT molecular complexity index is 1030. The van der Waals surface area contributed by atoms with Crippen LogP contribution in [0, 0.1) is 0 Å². The SMILES string of the molecule is O=C1CCc2ccc(OCCCCOc3ccc(C=C4SC(=O)NC4=O)cc3)cc2N1. The molecule has 0 saturated carbocycles. The number of benzene rings is 2. The second-order valence-corrected chi connectivity index (χ2v) is 8.21. The molecule has 2 aromatic rings. The average Bonchev–Trinajstić information content (AvgIpc) is 3.08. The predicted octanol–water partition coefficient (Wildman–Crippen LogP) is 4.13. The van der Waals surface area contributed by atoms with Crippen molar-refractivity contribution in [3.05, 3.63) is 58.5 Å². The van der Waals surface area contributed by atoms with E-state index >= 15 is 0 Å². The first kappa shape index (κ1) is 21.0. The summed E-state index contributed by atoms with van der Waals surface area (Å²) < 4.78 is 11.5. The number of ether oxygens (including phenoxy) is 2. The van der Waals surface area contributed by atoms with E-state index in [0.717, 1.165) is 59.3 Å². The number of carbonyl (C=O) groups excluding carboxylic acids is 3. The van der Waals surface area contributed by atoms with Crippen LogP contribution in [0.4, 0.5) is 10.5 Å². The van der Waals surface area contributed by atoms with Gasteiger partial charge in [0.25, 0.3) is 11.1 Å². The van der Waals surface area contributed by atoms with Crippen LogP contribution in [0.15, 0.2) is 47.4 Å². The van der Waals surface area contributed by atoms with E-state index < -0.39 is 0 Å². The third kappa shape index (κ3) is 5.67. The fraction of sp³-hybridized carbons (Fsp3) is 0.261. The van der Waals surface area contributed by atoms with Crippen LogP contribution in [0.2, 0.25) is 0 Å². The van der Waals surface area contributed by atoms with Gasteiger partial charge < -0.3 is 14.8 Å². The fourth-order valence-corrected chi connectivity index (χ4v) is 3.94. The number of amides is 3. The minimum atomic E-state index is -0.363. The summed E-state index contributed by atoms with van der Waals surface area (Å²) >= 11 is 0.899. The van der Waals surface area contributed by atoms with Gasteiger partial charge in [0.2, 0.25) is 5.91 Å². The number of hydrogen-bond donors (Lipinski definition) is 2. The zero-order chi connectivity index (χ0) is 21.6. The number of unbranched alkanes of at least 4 members (excludes halogenated alkanes) is 1. The van der Waals surface area contributed by atoms with Crippen LogP contribution < -0.4 is 20.1 Å². The van der Waals surface area contributed by atoms with Gasteiger partial charge in [0.05, 0.1) is 18.1 Å². The van der Waals surface area contributed by atoms with Gasteiger partial charge in [-0.05, 0) is 66.4 Å². The van der Waals surface area contributed by atoms with E-state index in [2.05, 4.69) is 10.6 Å². The zero-order valence-corrected chi connectivity index (χ0v) is 17.6. The lowest BCUT2D eigenvalue weighted by Crippen LogP contribution is -2.18. The molecule has 0 aliphatic carbocycles. The highest BCUT2D eigenvalue weighted by Crippen LogP contribution is 2.28. The summed E-state index contributed by atoms with van der Waals surface area (Å²) in [5.74, 6) is 1.18. The molecule has 2 N–H and O–H groups in total. The second-order valence-electron chi connectivity index (χ2n) is 7.19. The molecule has 1 fully saturated rings. The van der Waals surface area contributed by atoms with Crippen molar-refractivity contribution in [1.29, 1.82) is 0 Å². The highest BCUT2D eigenvalue weighted by Gasteiger charge is 2.24. The highest BCUT2D eigenvalue weighted by atomic mass is 32.2. The number of fused-ring (bicyclic) bond motifs is 1. The monoisotopic (exact) mass is 438 g/mol. The maximum atomic E-state index is 11.6. The van der Waals surface area contributed by atoms with E-state index in [1.165, 1.54) is 0 Å². The van der Waals surface area contributed by atoms with Gasteiger partial charge in [0, 0.05) is 18.2 Å². The van der Waals surface area contributed by atoms with E-state index in [9.17, 15) is 14.4 Å². The van der Waals surface area contributed by atoms with E-state index in [1.54, 1.807) is 6.08 Å². The highest BCUT2D eigenvalue weighted by molar-refractivity contribution is 8.18. The van der Waals surface area contributed by atoms with Crippen molar-refractivity contribution in [2.75, 3.05) is 18.5 Å². The second kappa shape index (κ2) is 9.70. The molecule has 2 heterocycles. The van der Waals surface area contributed by atoms with Gasteiger partial charge in [-0.1, -0.05) is 18.2 Å². The zero-order valence-electron chi connectivity index (χ0n) is 16.8. The van der Waals surface area contributed by atoms with Crippen LogP contribution in [0.1, 0.15) is 30.4 Å². The lowest BCUT2D eigenvalue weighted by Gasteiger charge is -2.17. The van der Waals surface area contributed by atoms with Crippen molar-refractivity contribution in [1.82, 2.24) is 5.32 Å². The lowest BCUT2D eigenvalue weighted by molar-refractivity contribution is -0.116. The molecule has 1 saturated heterocycles. The van der Waals surface area contributed by atoms with Crippen molar-refractivity contribution in [3.8, 4) is 11.5 Å². The molecule has 3 amide bonds. The van der Waals surface area contributed by atoms with Gasteiger partial charge >= 0.3 is 0 Å². The molecular formula is C23H22N2O5S. The van der Waals surface area contributed by atoms with Crippen LogP contribution in [0.5, 0.6) is 11.5 Å². The van der Waals surface area contributed by atoms with Gasteiger partial charge in [-0.25, -0.2) is 0 Å². The average molecular weight is 439 g/mol. The summed E-state index contributed by atoms with van der Waals surface area (Å²) in [6.07, 6.45) is 4.66. The minimum Gasteiger partial charge on any atom is -0.494 e. The van der Waals surface area contributed by atoms with E-state index in [1.807, 2.05) is 42.5 Å². The maximum Gasteiger partial charge on any atom is 0.290 e. The number of imide groups is 1. The molecule has 31 heavy (non-hydrogen) atoms. The van der Waals surface area contributed by atoms with Gasteiger partial charge in [0.1, 0.15) is 11.5 Å². The van der Waals surface area contributed by atoms with E-state index in [4.69, 9.17) is 9.47 Å². The predicted molar refractivity (Wildman–Crippen MR) is 119 cm³/mol. The molecule has 2 aliphatic heterocycles. The quantitative estimate of drug-likeness (QED) is 0.475. The van der Waals surface area contributed by atoms with Gasteiger partial charge in [-0.15, -0.1) is 0 Å². The third-order valence-electron chi connectivity index (χ3n) is 4.87. The molecule has 8 heteroatoms. The smallest absolute Gasteiger partial charge is 0.290 e. The lowest BCUT2D eigenvalue weighted by atomic mass is 10.0. The number of nitrogens with one attached hydrogen (secondary N) is 2.